The molecule has 6 heteroatoms. The molecule has 25 heavy (non-hydrogen) atoms. The van der Waals surface area contributed by atoms with Gasteiger partial charge in [-0.15, -0.1) is 0 Å². The number of fused-ring (bicyclic) bond motifs is 1. The van der Waals surface area contributed by atoms with Crippen LogP contribution < -0.4 is 11.1 Å². The SMILES string of the molecule is Cc1cc(Nc2cc(-c3ccc4[nH]nc(N)c4c3)ccn2)ccc1O. The Morgan fingerprint density at radius 1 is 1.04 bits per heavy atom. The molecule has 124 valence electrons. The number of aromatic nitrogens is 3. The average molecular weight is 331 g/mol. The molecule has 0 atom stereocenters. The van der Waals surface area contributed by atoms with Crippen LogP contribution in [0.4, 0.5) is 17.3 Å². The summed E-state index contributed by atoms with van der Waals surface area (Å²) in [6.07, 6.45) is 1.76. The van der Waals surface area contributed by atoms with Crippen LogP contribution in [0.1, 0.15) is 5.56 Å². The first kappa shape index (κ1) is 15.0. The number of nitrogens with zero attached hydrogens (tertiary/aromatic N) is 2. The Morgan fingerprint density at radius 3 is 2.72 bits per heavy atom. The number of hydrogen-bond donors (Lipinski definition) is 4. The second-order valence-corrected chi connectivity index (χ2v) is 5.93. The van der Waals surface area contributed by atoms with Crippen LogP contribution in [0.5, 0.6) is 5.75 Å². The van der Waals surface area contributed by atoms with E-state index in [4.69, 9.17) is 5.73 Å². The first-order valence-corrected chi connectivity index (χ1v) is 7.87. The molecule has 0 saturated carbocycles. The van der Waals surface area contributed by atoms with Gasteiger partial charge < -0.3 is 16.2 Å². The standard InChI is InChI=1S/C19H17N5O/c1-11-8-14(3-5-17(11)25)22-18-10-13(6-7-21-18)12-2-4-16-15(9-12)19(20)24-23-16/h2-10,25H,1H3,(H,21,22)(H3,20,23,24). The van der Waals surface area contributed by atoms with Gasteiger partial charge in [-0.3, -0.25) is 5.10 Å². The van der Waals surface area contributed by atoms with Crippen LogP contribution in [0.3, 0.4) is 0 Å². The number of phenolic OH excluding ortho intramolecular Hbond substituents is 1. The van der Waals surface area contributed by atoms with Crippen molar-refractivity contribution in [2.45, 2.75) is 6.92 Å². The summed E-state index contributed by atoms with van der Waals surface area (Å²) in [6.45, 7) is 1.86. The molecular weight excluding hydrogens is 314 g/mol. The van der Waals surface area contributed by atoms with Crippen LogP contribution in [0.15, 0.2) is 54.7 Å². The summed E-state index contributed by atoms with van der Waals surface area (Å²) in [4.78, 5) is 4.37. The summed E-state index contributed by atoms with van der Waals surface area (Å²) in [5, 5.41) is 20.7. The minimum atomic E-state index is 0.276. The Hall–Kier alpha value is -3.54. The molecule has 4 rings (SSSR count). The fourth-order valence-corrected chi connectivity index (χ4v) is 2.77. The van der Waals surface area contributed by atoms with Crippen LogP contribution in [-0.2, 0) is 0 Å². The van der Waals surface area contributed by atoms with Crippen molar-refractivity contribution in [2.24, 2.45) is 0 Å². The molecule has 2 heterocycles. The number of pyridine rings is 1. The average Bonchev–Trinajstić information content (AvgIpc) is 2.99. The van der Waals surface area contributed by atoms with E-state index in [1.54, 1.807) is 12.3 Å². The Kier molecular flexibility index (Phi) is 3.50. The molecule has 4 aromatic rings. The number of rotatable bonds is 3. The van der Waals surface area contributed by atoms with Crippen molar-refractivity contribution in [3.8, 4) is 16.9 Å². The summed E-state index contributed by atoms with van der Waals surface area (Å²) in [5.41, 5.74) is 10.5. The summed E-state index contributed by atoms with van der Waals surface area (Å²) < 4.78 is 0. The predicted molar refractivity (Wildman–Crippen MR) is 99.9 cm³/mol. The van der Waals surface area contributed by atoms with E-state index in [1.807, 2.05) is 49.4 Å². The van der Waals surface area contributed by atoms with Gasteiger partial charge >= 0.3 is 0 Å². The third-order valence-electron chi connectivity index (χ3n) is 4.15. The van der Waals surface area contributed by atoms with Gasteiger partial charge in [0, 0.05) is 17.3 Å². The maximum atomic E-state index is 9.63. The number of nitrogens with two attached hydrogens (primary N) is 1. The van der Waals surface area contributed by atoms with Gasteiger partial charge in [0.25, 0.3) is 0 Å². The molecule has 2 aromatic carbocycles. The summed E-state index contributed by atoms with van der Waals surface area (Å²) >= 11 is 0. The molecular formula is C19H17N5O. The van der Waals surface area contributed by atoms with E-state index in [1.165, 1.54) is 0 Å². The van der Waals surface area contributed by atoms with Crippen molar-refractivity contribution >= 4 is 28.2 Å². The van der Waals surface area contributed by atoms with Crippen molar-refractivity contribution in [1.29, 1.82) is 0 Å². The number of benzene rings is 2. The molecule has 5 N–H and O–H groups in total. The Labute approximate surface area is 144 Å². The smallest absolute Gasteiger partial charge is 0.153 e. The van der Waals surface area contributed by atoms with E-state index < -0.39 is 0 Å². The zero-order chi connectivity index (χ0) is 17.4. The number of aromatic amines is 1. The minimum absolute atomic E-state index is 0.276. The molecule has 0 aliphatic rings. The lowest BCUT2D eigenvalue weighted by Gasteiger charge is -2.09. The molecule has 0 unspecified atom stereocenters. The third kappa shape index (κ3) is 2.85. The van der Waals surface area contributed by atoms with Crippen molar-refractivity contribution in [3.63, 3.8) is 0 Å². The molecule has 0 aliphatic carbocycles. The highest BCUT2D eigenvalue weighted by atomic mass is 16.3. The molecule has 0 aliphatic heterocycles. The number of nitrogen functional groups attached to an aromatic ring is 1. The molecule has 0 spiro atoms. The van der Waals surface area contributed by atoms with Gasteiger partial charge in [0.15, 0.2) is 5.82 Å². The minimum Gasteiger partial charge on any atom is -0.508 e. The van der Waals surface area contributed by atoms with Crippen LogP contribution in [0, 0.1) is 6.92 Å². The molecule has 6 nitrogen and oxygen atoms in total. The highest BCUT2D eigenvalue weighted by Crippen LogP contribution is 2.28. The molecule has 0 radical (unpaired) electrons. The van der Waals surface area contributed by atoms with Gasteiger partial charge in [0.05, 0.1) is 5.52 Å². The molecule has 0 fully saturated rings. The molecule has 0 bridgehead atoms. The highest BCUT2D eigenvalue weighted by Gasteiger charge is 2.06. The van der Waals surface area contributed by atoms with Gasteiger partial charge in [0.2, 0.25) is 0 Å². The van der Waals surface area contributed by atoms with Crippen molar-refractivity contribution in [1.82, 2.24) is 15.2 Å². The number of aromatic hydroxyl groups is 1. The summed E-state index contributed by atoms with van der Waals surface area (Å²) in [7, 11) is 0. The second kappa shape index (κ2) is 5.83. The number of H-pyrrole nitrogens is 1. The Balaban J connectivity index is 1.68. The fourth-order valence-electron chi connectivity index (χ4n) is 2.77. The van der Waals surface area contributed by atoms with Gasteiger partial charge in [-0.05, 0) is 66.1 Å². The normalized spacial score (nSPS) is 10.9. The van der Waals surface area contributed by atoms with Gasteiger partial charge in [-0.2, -0.15) is 5.10 Å². The predicted octanol–water partition coefficient (Wildman–Crippen LogP) is 3.96. The van der Waals surface area contributed by atoms with E-state index in [2.05, 4.69) is 20.5 Å². The van der Waals surface area contributed by atoms with E-state index in [0.29, 0.717) is 5.82 Å². The number of aryl methyl sites for hydroxylation is 1. The zero-order valence-corrected chi connectivity index (χ0v) is 13.6. The van der Waals surface area contributed by atoms with Crippen LogP contribution in [0.25, 0.3) is 22.0 Å². The van der Waals surface area contributed by atoms with Crippen molar-refractivity contribution < 1.29 is 5.11 Å². The lowest BCUT2D eigenvalue weighted by molar-refractivity contribution is 0.471. The monoisotopic (exact) mass is 331 g/mol. The lowest BCUT2D eigenvalue weighted by atomic mass is 10.0. The van der Waals surface area contributed by atoms with Crippen molar-refractivity contribution in [3.05, 3.63) is 60.3 Å². The second-order valence-electron chi connectivity index (χ2n) is 5.93. The lowest BCUT2D eigenvalue weighted by Crippen LogP contribution is -1.94. The van der Waals surface area contributed by atoms with Crippen LogP contribution >= 0.6 is 0 Å². The number of phenols is 1. The van der Waals surface area contributed by atoms with E-state index in [-0.39, 0.29) is 5.75 Å². The van der Waals surface area contributed by atoms with E-state index >= 15 is 0 Å². The summed E-state index contributed by atoms with van der Waals surface area (Å²) in [6, 6.07) is 15.3. The van der Waals surface area contributed by atoms with Gasteiger partial charge in [-0.25, -0.2) is 4.98 Å². The van der Waals surface area contributed by atoms with Gasteiger partial charge in [-0.1, -0.05) is 6.07 Å². The maximum absolute atomic E-state index is 9.63. The number of hydrogen-bond acceptors (Lipinski definition) is 5. The number of nitrogens with one attached hydrogen (secondary N) is 2. The quantitative estimate of drug-likeness (QED) is 0.426. The fraction of sp³-hybridized carbons (Fsp3) is 0.0526. The molecule has 2 aromatic heterocycles. The third-order valence-corrected chi connectivity index (χ3v) is 4.15. The van der Waals surface area contributed by atoms with Crippen LogP contribution in [-0.4, -0.2) is 20.3 Å². The number of anilines is 3. The summed E-state index contributed by atoms with van der Waals surface area (Å²) in [5.74, 6) is 1.49. The van der Waals surface area contributed by atoms with Gasteiger partial charge in [0.1, 0.15) is 11.6 Å². The maximum Gasteiger partial charge on any atom is 0.153 e. The topological polar surface area (TPSA) is 99.9 Å². The van der Waals surface area contributed by atoms with E-state index in [9.17, 15) is 5.11 Å². The Bertz CT molecular complexity index is 1070. The zero-order valence-electron chi connectivity index (χ0n) is 13.6. The first-order valence-electron chi connectivity index (χ1n) is 7.87. The first-order chi connectivity index (χ1) is 12.1. The highest BCUT2D eigenvalue weighted by molar-refractivity contribution is 5.92. The largest absolute Gasteiger partial charge is 0.508 e. The molecule has 0 amide bonds. The van der Waals surface area contributed by atoms with E-state index in [0.717, 1.165) is 39.1 Å². The molecule has 0 saturated heterocycles. The van der Waals surface area contributed by atoms with Crippen LogP contribution in [0.2, 0.25) is 0 Å². The van der Waals surface area contributed by atoms with Crippen molar-refractivity contribution in [2.75, 3.05) is 11.1 Å². The Morgan fingerprint density at radius 2 is 1.88 bits per heavy atom.